The molecule has 0 bridgehead atoms. The van der Waals surface area contributed by atoms with Crippen LogP contribution in [0, 0.1) is 0 Å². The maximum atomic E-state index is 2.48. The van der Waals surface area contributed by atoms with Crippen molar-refractivity contribution in [3.63, 3.8) is 0 Å². The van der Waals surface area contributed by atoms with E-state index in [-0.39, 0.29) is 0 Å². The Balaban J connectivity index is 1.37. The van der Waals surface area contributed by atoms with Crippen LogP contribution in [-0.2, 0) is 21.4 Å². The molecule has 0 saturated heterocycles. The van der Waals surface area contributed by atoms with Crippen molar-refractivity contribution in [2.24, 2.45) is 0 Å². The maximum absolute atomic E-state index is 2.48. The molecule has 51 heavy (non-hydrogen) atoms. The van der Waals surface area contributed by atoms with Crippen LogP contribution in [0.4, 0.5) is 0 Å². The standard InChI is InChI=1S/C37H24P.2C6H5.Ru/c1-3-14-26(15-4-1)38(27-16-5-2-6-17-27)35-25-13-21-31-30-20-9-12-24-34(30)37(36(31)35)32-22-10-7-18-28(32)29-19-8-11-23-33(29)37;2*1-2-4-6-5-3-1;/h1-22,24-25H;2*1-5H;/t37-;;;/m0.../s1. The van der Waals surface area contributed by atoms with Crippen molar-refractivity contribution in [2.45, 2.75) is 5.41 Å². The van der Waals surface area contributed by atoms with Gasteiger partial charge in [0.25, 0.3) is 0 Å². The summed E-state index contributed by atoms with van der Waals surface area (Å²) >= 11 is -2.01. The molecule has 2 aliphatic rings. The van der Waals surface area contributed by atoms with Crippen molar-refractivity contribution < 1.29 is 16.0 Å². The molecule has 0 fully saturated rings. The fraction of sp³-hybridized carbons (Fsp3) is 0.0204. The molecule has 0 saturated carbocycles. The van der Waals surface area contributed by atoms with E-state index in [0.29, 0.717) is 0 Å². The molecule has 8 aromatic rings. The van der Waals surface area contributed by atoms with Crippen LogP contribution in [0.5, 0.6) is 0 Å². The van der Waals surface area contributed by atoms with Gasteiger partial charge in [-0.25, -0.2) is 0 Å². The van der Waals surface area contributed by atoms with Gasteiger partial charge in [0.05, 0.1) is 0 Å². The molecule has 0 heterocycles. The second kappa shape index (κ2) is 12.5. The number of fused-ring (bicyclic) bond motifs is 10. The molecule has 0 aromatic heterocycles. The Hall–Kier alpha value is -5.19. The zero-order valence-electron chi connectivity index (χ0n) is 27.9. The summed E-state index contributed by atoms with van der Waals surface area (Å²) in [5, 5.41) is 4.19. The van der Waals surface area contributed by atoms with Crippen LogP contribution in [0.2, 0.25) is 0 Å². The van der Waals surface area contributed by atoms with E-state index in [4.69, 9.17) is 0 Å². The Morgan fingerprint density at radius 1 is 0.333 bits per heavy atom. The zero-order chi connectivity index (χ0) is 33.8. The van der Waals surface area contributed by atoms with Gasteiger partial charge in [-0.3, -0.25) is 0 Å². The summed E-state index contributed by atoms with van der Waals surface area (Å²) in [5.41, 5.74) is 10.7. The first-order valence-corrected chi connectivity index (χ1v) is 21.4. The summed E-state index contributed by atoms with van der Waals surface area (Å²) in [5.74, 6) is 0. The third-order valence-corrected chi connectivity index (χ3v) is 17.7. The molecule has 2 aliphatic carbocycles. The molecule has 2 heteroatoms. The second-order valence-electron chi connectivity index (χ2n) is 13.0. The molecule has 0 aliphatic heterocycles. The third kappa shape index (κ3) is 4.66. The molecule has 0 N–H and O–H groups in total. The topological polar surface area (TPSA) is 0 Å². The van der Waals surface area contributed by atoms with Crippen molar-refractivity contribution in [1.29, 1.82) is 0 Å². The van der Waals surface area contributed by atoms with E-state index in [1.807, 2.05) is 0 Å². The van der Waals surface area contributed by atoms with Crippen LogP contribution in [0.1, 0.15) is 22.3 Å². The summed E-state index contributed by atoms with van der Waals surface area (Å²) in [7, 11) is -0.873. The molecule has 0 nitrogen and oxygen atoms in total. The molecule has 8 aromatic carbocycles. The molecule has 243 valence electrons. The number of hydrogen-bond acceptors (Lipinski definition) is 0. The van der Waals surface area contributed by atoms with Crippen molar-refractivity contribution in [3.05, 3.63) is 229 Å². The Morgan fingerprint density at radius 3 is 1.27 bits per heavy atom. The van der Waals surface area contributed by atoms with Crippen LogP contribution in [0.15, 0.2) is 206 Å². The fourth-order valence-electron chi connectivity index (χ4n) is 8.49. The molecule has 0 unspecified atom stereocenters. The Bertz CT molecular complexity index is 2270. The van der Waals surface area contributed by atoms with E-state index in [1.54, 1.807) is 0 Å². The van der Waals surface area contributed by atoms with Gasteiger partial charge in [0.2, 0.25) is 0 Å². The van der Waals surface area contributed by atoms with Gasteiger partial charge < -0.3 is 0 Å². The Kier molecular flexibility index (Phi) is 7.53. The van der Waals surface area contributed by atoms with Crippen molar-refractivity contribution in [3.8, 4) is 22.3 Å². The third-order valence-electron chi connectivity index (χ3n) is 10.4. The minimum atomic E-state index is -2.01. The monoisotopic (exact) mass is 755 g/mol. The van der Waals surface area contributed by atoms with E-state index in [0.717, 1.165) is 0 Å². The van der Waals surface area contributed by atoms with Crippen molar-refractivity contribution in [2.75, 3.05) is 0 Å². The van der Waals surface area contributed by atoms with Gasteiger partial charge in [-0.05, 0) is 0 Å². The first kappa shape index (κ1) is 30.6. The van der Waals surface area contributed by atoms with Crippen molar-refractivity contribution >= 4 is 36.3 Å². The quantitative estimate of drug-likeness (QED) is 0.118. The van der Waals surface area contributed by atoms with Gasteiger partial charge >= 0.3 is 308 Å². The van der Waals surface area contributed by atoms with Gasteiger partial charge in [0.15, 0.2) is 0 Å². The van der Waals surface area contributed by atoms with E-state index < -0.39 is 29.3 Å². The van der Waals surface area contributed by atoms with Gasteiger partial charge in [-0.1, -0.05) is 0 Å². The zero-order valence-corrected chi connectivity index (χ0v) is 30.6. The Morgan fingerprint density at radius 2 is 0.745 bits per heavy atom. The molecular weight excluding hydrogens is 721 g/mol. The molecule has 1 spiro atoms. The van der Waals surface area contributed by atoms with E-state index in [9.17, 15) is 0 Å². The van der Waals surface area contributed by atoms with Gasteiger partial charge in [-0.2, -0.15) is 0 Å². The molecule has 10 rings (SSSR count). The number of hydrogen-bond donors (Lipinski definition) is 0. The van der Waals surface area contributed by atoms with E-state index >= 15 is 0 Å². The first-order valence-electron chi connectivity index (χ1n) is 17.5. The SMILES string of the molecule is c1ccc(P(c2ccccc2)c2cccc3c2[C@@]2(c4ccccc4-3)c3ccccc3-c3ccc[c]([Ru]([c]4ccccc4)[c]4ccccc4)c32)cc1. The molecular formula is C49H34PRu. The van der Waals surface area contributed by atoms with Crippen molar-refractivity contribution in [1.82, 2.24) is 0 Å². The van der Waals surface area contributed by atoms with Crippen LogP contribution < -0.4 is 28.4 Å². The van der Waals surface area contributed by atoms with Gasteiger partial charge in [0.1, 0.15) is 0 Å². The Labute approximate surface area is 306 Å². The van der Waals surface area contributed by atoms with E-state index in [1.165, 1.54) is 72.9 Å². The summed E-state index contributed by atoms with van der Waals surface area (Å²) in [6, 6.07) is 78.0. The van der Waals surface area contributed by atoms with Crippen LogP contribution >= 0.6 is 7.92 Å². The summed E-state index contributed by atoms with van der Waals surface area (Å²) in [4.78, 5) is 0. The normalized spacial score (nSPS) is 15.3. The predicted octanol–water partition coefficient (Wildman–Crippen LogP) is 8.68. The minimum absolute atomic E-state index is 0.467. The van der Waals surface area contributed by atoms with Gasteiger partial charge in [0, 0.05) is 0 Å². The van der Waals surface area contributed by atoms with Crippen LogP contribution in [-0.4, -0.2) is 0 Å². The summed E-state index contributed by atoms with van der Waals surface area (Å²) < 4.78 is 4.40. The number of rotatable bonds is 6. The molecule has 0 radical (unpaired) electrons. The first-order chi connectivity index (χ1) is 25.4. The van der Waals surface area contributed by atoms with Gasteiger partial charge in [-0.15, -0.1) is 0 Å². The average molecular weight is 755 g/mol. The van der Waals surface area contributed by atoms with Crippen LogP contribution in [0.25, 0.3) is 22.3 Å². The van der Waals surface area contributed by atoms with E-state index in [2.05, 4.69) is 206 Å². The fourth-order valence-corrected chi connectivity index (χ4v) is 16.0. The molecule has 1 atom stereocenters. The molecule has 0 amide bonds. The second-order valence-corrected chi connectivity index (χ2v) is 19.5. The number of benzene rings is 8. The summed E-state index contributed by atoms with van der Waals surface area (Å²) in [6.45, 7) is 0. The average Bonchev–Trinajstić information content (AvgIpc) is 3.68. The van der Waals surface area contributed by atoms with Crippen LogP contribution in [0.3, 0.4) is 0 Å². The summed E-state index contributed by atoms with van der Waals surface area (Å²) in [6.07, 6.45) is 0. The predicted molar refractivity (Wildman–Crippen MR) is 213 cm³/mol.